The van der Waals surface area contributed by atoms with E-state index in [4.69, 9.17) is 4.74 Å². The molecule has 0 N–H and O–H groups in total. The Hall–Kier alpha value is -2.75. The number of hydrogen-bond acceptors (Lipinski definition) is 4. The van der Waals surface area contributed by atoms with Gasteiger partial charge in [0.15, 0.2) is 5.78 Å². The van der Waals surface area contributed by atoms with Crippen molar-refractivity contribution in [2.45, 2.75) is 45.6 Å². The molecule has 0 bridgehead atoms. The highest BCUT2D eigenvalue weighted by Gasteiger charge is 2.18. The third-order valence-electron chi connectivity index (χ3n) is 4.79. The number of benzene rings is 1. The van der Waals surface area contributed by atoms with Gasteiger partial charge in [0.05, 0.1) is 11.4 Å². The summed E-state index contributed by atoms with van der Waals surface area (Å²) in [6, 6.07) is 7.72. The lowest BCUT2D eigenvalue weighted by Gasteiger charge is -2.16. The fourth-order valence-electron chi connectivity index (χ4n) is 3.31. The normalized spacial score (nSPS) is 20.3. The van der Waals surface area contributed by atoms with Gasteiger partial charge in [0.1, 0.15) is 6.10 Å². The van der Waals surface area contributed by atoms with E-state index in [0.29, 0.717) is 18.1 Å². The minimum atomic E-state index is -0.477. The van der Waals surface area contributed by atoms with Crippen LogP contribution in [0.3, 0.4) is 0 Å². The summed E-state index contributed by atoms with van der Waals surface area (Å²) in [5.74, 6) is 0.110. The van der Waals surface area contributed by atoms with Crippen molar-refractivity contribution in [2.24, 2.45) is 10.9 Å². The van der Waals surface area contributed by atoms with Gasteiger partial charge in [0.25, 0.3) is 0 Å². The van der Waals surface area contributed by atoms with Gasteiger partial charge in [-0.3, -0.25) is 4.79 Å². The van der Waals surface area contributed by atoms with Crippen LogP contribution in [0.5, 0.6) is 0 Å². The first-order valence-corrected chi connectivity index (χ1v) is 9.47. The highest BCUT2D eigenvalue weighted by molar-refractivity contribution is 6.45. The van der Waals surface area contributed by atoms with Gasteiger partial charge >= 0.3 is 5.97 Å². The summed E-state index contributed by atoms with van der Waals surface area (Å²) in [6.07, 6.45) is 11.8. The molecule has 3 rings (SSSR count). The largest absolute Gasteiger partial charge is 0.455 e. The van der Waals surface area contributed by atoms with E-state index in [0.717, 1.165) is 24.1 Å². The smallest absolute Gasteiger partial charge is 0.331 e. The first-order chi connectivity index (χ1) is 13.0. The highest BCUT2D eigenvalue weighted by atomic mass is 16.5. The number of fused-ring (bicyclic) bond motifs is 1. The number of ether oxygens (including phenoxy) is 1. The van der Waals surface area contributed by atoms with E-state index >= 15 is 0 Å². The Morgan fingerprint density at radius 2 is 2.07 bits per heavy atom. The van der Waals surface area contributed by atoms with Crippen molar-refractivity contribution >= 4 is 23.2 Å². The van der Waals surface area contributed by atoms with E-state index in [-0.39, 0.29) is 5.78 Å². The van der Waals surface area contributed by atoms with Crippen LogP contribution in [-0.4, -0.2) is 23.6 Å². The van der Waals surface area contributed by atoms with Gasteiger partial charge in [0.2, 0.25) is 0 Å². The van der Waals surface area contributed by atoms with Gasteiger partial charge in [-0.1, -0.05) is 42.8 Å². The van der Waals surface area contributed by atoms with Crippen LogP contribution in [0.1, 0.15) is 38.7 Å². The molecule has 2 atom stereocenters. The molecule has 0 saturated carbocycles. The zero-order valence-electron chi connectivity index (χ0n) is 15.9. The molecule has 0 saturated heterocycles. The summed E-state index contributed by atoms with van der Waals surface area (Å²) in [4.78, 5) is 28.6. The van der Waals surface area contributed by atoms with E-state index < -0.39 is 12.1 Å². The van der Waals surface area contributed by atoms with Gasteiger partial charge in [-0.25, -0.2) is 9.79 Å². The van der Waals surface area contributed by atoms with E-state index in [2.05, 4.69) is 18.0 Å². The Morgan fingerprint density at radius 1 is 1.26 bits per heavy atom. The average Bonchev–Trinajstić information content (AvgIpc) is 3.09. The number of carbonyl (C=O) groups is 2. The Bertz CT molecular complexity index is 845. The van der Waals surface area contributed by atoms with E-state index in [9.17, 15) is 9.59 Å². The summed E-state index contributed by atoms with van der Waals surface area (Å²) in [7, 11) is 0. The molecule has 0 radical (unpaired) electrons. The first kappa shape index (κ1) is 19.0. The number of rotatable bonds is 6. The molecule has 140 valence electrons. The molecule has 0 aromatic heterocycles. The van der Waals surface area contributed by atoms with Crippen LogP contribution in [0, 0.1) is 5.92 Å². The fraction of sp³-hybridized carbons (Fsp3) is 0.348. The Kier molecular flexibility index (Phi) is 6.17. The third kappa shape index (κ3) is 5.36. The average molecular weight is 363 g/mol. The summed E-state index contributed by atoms with van der Waals surface area (Å²) in [5.41, 5.74) is 3.61. The Labute approximate surface area is 160 Å². The van der Waals surface area contributed by atoms with E-state index in [1.807, 2.05) is 30.3 Å². The maximum atomic E-state index is 12.3. The second-order valence-corrected chi connectivity index (χ2v) is 7.23. The summed E-state index contributed by atoms with van der Waals surface area (Å²) < 4.78 is 5.31. The van der Waals surface area contributed by atoms with Crippen LogP contribution < -0.4 is 0 Å². The van der Waals surface area contributed by atoms with Gasteiger partial charge in [-0.05, 0) is 55.9 Å². The fourth-order valence-corrected chi connectivity index (χ4v) is 3.31. The number of carbonyl (C=O) groups excluding carboxylic acids is 2. The summed E-state index contributed by atoms with van der Waals surface area (Å²) in [6.45, 7) is 3.96. The number of para-hydroxylation sites is 1. The molecule has 0 amide bonds. The quantitative estimate of drug-likeness (QED) is 0.545. The minimum Gasteiger partial charge on any atom is -0.455 e. The van der Waals surface area contributed by atoms with Gasteiger partial charge in [-0.15, -0.1) is 0 Å². The van der Waals surface area contributed by atoms with Crippen molar-refractivity contribution in [1.29, 1.82) is 0 Å². The van der Waals surface area contributed by atoms with Crippen LogP contribution in [-0.2, 0) is 20.7 Å². The zero-order valence-corrected chi connectivity index (χ0v) is 15.9. The molecule has 0 spiro atoms. The van der Waals surface area contributed by atoms with Crippen molar-refractivity contribution in [3.8, 4) is 0 Å². The van der Waals surface area contributed by atoms with Crippen molar-refractivity contribution in [3.05, 3.63) is 65.8 Å². The molecule has 4 nitrogen and oxygen atoms in total. The molecule has 1 heterocycles. The summed E-state index contributed by atoms with van der Waals surface area (Å²) >= 11 is 0. The van der Waals surface area contributed by atoms with Crippen LogP contribution in [0.25, 0.3) is 0 Å². The SMILES string of the molecule is CC1CCC=C(/C=C/C(=O)O[C@H](C)/C=C\C(=O)C2=Nc3ccccc3C2)C1. The second kappa shape index (κ2) is 8.76. The predicted octanol–water partition coefficient (Wildman–Crippen LogP) is 4.67. The molecule has 2 aliphatic rings. The minimum absolute atomic E-state index is 0.147. The van der Waals surface area contributed by atoms with E-state index in [1.54, 1.807) is 13.0 Å². The molecule has 1 aliphatic heterocycles. The van der Waals surface area contributed by atoms with Crippen molar-refractivity contribution < 1.29 is 14.3 Å². The van der Waals surface area contributed by atoms with Crippen LogP contribution in [0.15, 0.2) is 65.2 Å². The zero-order chi connectivity index (χ0) is 19.2. The Morgan fingerprint density at radius 3 is 2.85 bits per heavy atom. The number of allylic oxidation sites excluding steroid dienone is 4. The highest BCUT2D eigenvalue weighted by Crippen LogP contribution is 2.26. The lowest BCUT2D eigenvalue weighted by molar-refractivity contribution is -0.140. The molecule has 27 heavy (non-hydrogen) atoms. The third-order valence-corrected chi connectivity index (χ3v) is 4.79. The van der Waals surface area contributed by atoms with Crippen LogP contribution >= 0.6 is 0 Å². The van der Waals surface area contributed by atoms with Crippen molar-refractivity contribution in [3.63, 3.8) is 0 Å². The van der Waals surface area contributed by atoms with Gasteiger partial charge < -0.3 is 4.74 Å². The molecule has 1 aliphatic carbocycles. The maximum absolute atomic E-state index is 12.3. The topological polar surface area (TPSA) is 55.7 Å². The first-order valence-electron chi connectivity index (χ1n) is 9.47. The maximum Gasteiger partial charge on any atom is 0.331 e. The monoisotopic (exact) mass is 363 g/mol. The molecule has 1 aromatic rings. The number of hydrogen-bond donors (Lipinski definition) is 0. The van der Waals surface area contributed by atoms with Gasteiger partial charge in [-0.2, -0.15) is 0 Å². The molecule has 4 heteroatoms. The Balaban J connectivity index is 1.49. The standard InChI is InChI=1S/C23H25NO3/c1-16-6-5-7-18(14-16)11-13-23(26)27-17(2)10-12-22(25)21-15-19-8-3-4-9-20(19)24-21/h3-4,7-13,16-17H,5-6,14-15H2,1-2H3/b12-10-,13-11+/t16?,17-/m1/s1. The van der Waals surface area contributed by atoms with Crippen LogP contribution in [0.4, 0.5) is 5.69 Å². The molecular weight excluding hydrogens is 338 g/mol. The molecular formula is C23H25NO3. The van der Waals surface area contributed by atoms with Crippen molar-refractivity contribution in [2.75, 3.05) is 0 Å². The number of aliphatic imine (C=N–C) groups is 1. The van der Waals surface area contributed by atoms with Crippen molar-refractivity contribution in [1.82, 2.24) is 0 Å². The van der Waals surface area contributed by atoms with Gasteiger partial charge in [0, 0.05) is 12.5 Å². The lowest BCUT2D eigenvalue weighted by atomic mass is 9.90. The lowest BCUT2D eigenvalue weighted by Crippen LogP contribution is -2.14. The predicted molar refractivity (Wildman–Crippen MR) is 107 cm³/mol. The molecule has 1 aromatic carbocycles. The molecule has 1 unspecified atom stereocenters. The molecule has 0 fully saturated rings. The number of ketones is 1. The number of nitrogens with zero attached hydrogens (tertiary/aromatic N) is 1. The second-order valence-electron chi connectivity index (χ2n) is 7.23. The number of esters is 1. The van der Waals surface area contributed by atoms with E-state index in [1.165, 1.54) is 24.1 Å². The van der Waals surface area contributed by atoms with Crippen LogP contribution in [0.2, 0.25) is 0 Å². The summed E-state index contributed by atoms with van der Waals surface area (Å²) in [5, 5.41) is 0.